The van der Waals surface area contributed by atoms with E-state index in [1.54, 1.807) is 135 Å². The van der Waals surface area contributed by atoms with Crippen molar-refractivity contribution in [2.24, 2.45) is 0 Å². The molecule has 14 aromatic rings. The third-order valence-electron chi connectivity index (χ3n) is 12.4. The molecule has 10 aromatic heterocycles. The van der Waals surface area contributed by atoms with Crippen molar-refractivity contribution < 1.29 is 77.8 Å². The fourth-order valence-corrected chi connectivity index (χ4v) is 8.58. The molecular weight excluding hydrogens is 1290 g/mol. The Labute approximate surface area is 526 Å². The number of hydrogen-bond acceptors (Lipinski definition) is 17. The number of ether oxygens (including phenoxy) is 2. The number of nitrogens with zero attached hydrogens (tertiary/aromatic N) is 12. The van der Waals surface area contributed by atoms with Crippen LogP contribution in [0.1, 0.15) is 20.7 Å². The fourth-order valence-electron chi connectivity index (χ4n) is 8.58. The molecule has 0 amide bonds. The molecule has 432 valence electrons. The minimum Gasteiger partial charge on any atom is -0.545 e. The SMILES string of the molecule is O=COc1cc(-c2cc(C(=O)O)c3ccccc3n2)nc2ccccc12.O=COc1cc(-c2cc(C(=O)[O-])c3ccccc3n2)nc2ccccc12.[Ru+].[Ru+].c1c[n-]c(-c2ncc[n-]2)n1.c1ccc(-c2ccccn2)nc1.c1ccc(-c2ccccn2)nc1. The number of para-hydroxylation sites is 4. The van der Waals surface area contributed by atoms with Crippen LogP contribution in [-0.4, -0.2) is 79.8 Å². The number of rotatable bonds is 11. The van der Waals surface area contributed by atoms with E-state index in [1.165, 1.54) is 12.1 Å². The van der Waals surface area contributed by atoms with Crippen LogP contribution in [0.5, 0.6) is 11.5 Å². The number of carbonyl (C=O) groups is 4. The second kappa shape index (κ2) is 31.0. The first-order chi connectivity index (χ1) is 42.2. The largest absolute Gasteiger partial charge is 1.00 e. The van der Waals surface area contributed by atoms with E-state index in [4.69, 9.17) is 9.47 Å². The second-order valence-electron chi connectivity index (χ2n) is 17.8. The Morgan fingerprint density at radius 3 is 0.989 bits per heavy atom. The van der Waals surface area contributed by atoms with Gasteiger partial charge in [-0.3, -0.25) is 29.5 Å². The Bertz CT molecular complexity index is 4230. The van der Waals surface area contributed by atoms with Crippen molar-refractivity contribution in [3.8, 4) is 68.7 Å². The molecule has 0 atom stereocenters. The number of imidazole rings is 2. The predicted molar refractivity (Wildman–Crippen MR) is 319 cm³/mol. The summed E-state index contributed by atoms with van der Waals surface area (Å²) in [5.74, 6) is -0.502. The molecule has 0 aliphatic carbocycles. The maximum Gasteiger partial charge on any atom is 1.00 e. The average Bonchev–Trinajstić information content (AvgIpc) is 4.40. The summed E-state index contributed by atoms with van der Waals surface area (Å²) in [6, 6.07) is 57.5. The van der Waals surface area contributed by atoms with Crippen LogP contribution in [0.4, 0.5) is 0 Å². The number of aromatic nitrogens is 12. The van der Waals surface area contributed by atoms with Crippen LogP contribution in [0.15, 0.2) is 244 Å². The number of aromatic carboxylic acids is 2. The Morgan fingerprint density at radius 2 is 0.682 bits per heavy atom. The van der Waals surface area contributed by atoms with Crippen LogP contribution in [0.2, 0.25) is 0 Å². The second-order valence-corrected chi connectivity index (χ2v) is 17.8. The van der Waals surface area contributed by atoms with Crippen molar-refractivity contribution in [2.75, 3.05) is 0 Å². The summed E-state index contributed by atoms with van der Waals surface area (Å²) in [5, 5.41) is 23.5. The van der Waals surface area contributed by atoms with Gasteiger partial charge in [-0.05, 0) is 97.1 Å². The number of benzene rings is 4. The van der Waals surface area contributed by atoms with Gasteiger partial charge in [0, 0.05) is 64.0 Å². The Morgan fingerprint density at radius 1 is 0.375 bits per heavy atom. The first-order valence-electron chi connectivity index (χ1n) is 26.0. The molecule has 22 heteroatoms. The third kappa shape index (κ3) is 15.7. The van der Waals surface area contributed by atoms with Crippen molar-refractivity contribution in [3.63, 3.8) is 0 Å². The molecule has 0 spiro atoms. The van der Waals surface area contributed by atoms with E-state index in [9.17, 15) is 29.4 Å². The normalized spacial score (nSPS) is 10.1. The van der Waals surface area contributed by atoms with Gasteiger partial charge in [-0.2, -0.15) is 0 Å². The van der Waals surface area contributed by atoms with Crippen LogP contribution in [-0.2, 0) is 48.5 Å². The van der Waals surface area contributed by atoms with Gasteiger partial charge in [-0.25, -0.2) is 24.7 Å². The average molecular weight is 1330 g/mol. The smallest absolute Gasteiger partial charge is 0.545 e. The maximum absolute atomic E-state index is 11.7. The number of carboxylic acid groups (broad SMARTS) is 2. The molecule has 0 fully saturated rings. The summed E-state index contributed by atoms with van der Waals surface area (Å²) in [5.41, 5.74) is 7.67. The zero-order valence-electron chi connectivity index (χ0n) is 45.6. The van der Waals surface area contributed by atoms with Crippen molar-refractivity contribution in [1.82, 2.24) is 59.8 Å². The number of hydrogen-bond donors (Lipinski definition) is 1. The quantitative estimate of drug-likeness (QED) is 0.0930. The van der Waals surface area contributed by atoms with E-state index >= 15 is 0 Å². The van der Waals surface area contributed by atoms with Gasteiger partial charge in [0.25, 0.3) is 12.9 Å². The molecule has 0 saturated heterocycles. The zero-order valence-corrected chi connectivity index (χ0v) is 49.1. The first-order valence-corrected chi connectivity index (χ1v) is 26.0. The molecule has 10 heterocycles. The summed E-state index contributed by atoms with van der Waals surface area (Å²) in [6.07, 6.45) is 13.5. The van der Waals surface area contributed by atoms with E-state index in [-0.39, 0.29) is 50.1 Å². The van der Waals surface area contributed by atoms with E-state index in [0.717, 1.165) is 22.8 Å². The van der Waals surface area contributed by atoms with E-state index in [0.29, 0.717) is 102 Å². The van der Waals surface area contributed by atoms with Gasteiger partial charge < -0.3 is 44.4 Å². The van der Waals surface area contributed by atoms with Gasteiger partial charge in [0.2, 0.25) is 0 Å². The molecule has 14 rings (SSSR count). The number of carbonyl (C=O) groups excluding carboxylic acids is 3. The van der Waals surface area contributed by atoms with Gasteiger partial charge in [-0.1, -0.05) is 121 Å². The van der Waals surface area contributed by atoms with Crippen LogP contribution in [0.25, 0.3) is 101 Å². The third-order valence-corrected chi connectivity index (χ3v) is 12.4. The standard InChI is InChI=1S/2C20H12N2O4.2C10H8N2.C6H4N4.2Ru/c2*23-11-26-19-10-18(22-16-8-4-2-6-13(16)19)17-9-14(20(24)25)12-5-1-3-7-15(12)21-17;2*1-3-7-11-9(5-1)10-6-2-4-8-12-10;1-2-8-5(7-1)6-9-3-4-10-6;;/h2*1-11H,(H,24,25);2*1-8H;1-4H;;/q;;;;-2;2*+1/p-1. The minimum atomic E-state index is -1.30. The monoisotopic (exact) mass is 1340 g/mol. The van der Waals surface area contributed by atoms with Crippen LogP contribution in [0.3, 0.4) is 0 Å². The molecule has 1 N–H and O–H groups in total. The number of fused-ring (bicyclic) bond motifs is 4. The summed E-state index contributed by atoms with van der Waals surface area (Å²) in [6.45, 7) is 0.689. The van der Waals surface area contributed by atoms with E-state index in [2.05, 4.69) is 59.8 Å². The van der Waals surface area contributed by atoms with Crippen molar-refractivity contribution in [1.29, 1.82) is 0 Å². The van der Waals surface area contributed by atoms with Gasteiger partial charge in [0.1, 0.15) is 11.5 Å². The molecular formula is C66H43N12O8Ru2-. The fraction of sp³-hybridized carbons (Fsp3) is 0. The van der Waals surface area contributed by atoms with Crippen LogP contribution < -0.4 is 24.5 Å². The molecule has 0 aliphatic heterocycles. The minimum absolute atomic E-state index is 0. The van der Waals surface area contributed by atoms with Crippen LogP contribution >= 0.6 is 0 Å². The van der Waals surface area contributed by atoms with Gasteiger partial charge in [0.15, 0.2) is 0 Å². The van der Waals surface area contributed by atoms with E-state index in [1.807, 2.05) is 97.1 Å². The summed E-state index contributed by atoms with van der Waals surface area (Å²) in [4.78, 5) is 95.4. The van der Waals surface area contributed by atoms with Crippen molar-refractivity contribution in [3.05, 3.63) is 255 Å². The molecule has 4 aromatic carbocycles. The predicted octanol–water partition coefficient (Wildman–Crippen LogP) is 10.4. The van der Waals surface area contributed by atoms with Crippen LogP contribution in [0, 0.1) is 0 Å². The zero-order chi connectivity index (χ0) is 59.5. The summed E-state index contributed by atoms with van der Waals surface area (Å²) >= 11 is 0. The topological polar surface area (TPSA) is 287 Å². The molecule has 88 heavy (non-hydrogen) atoms. The van der Waals surface area contributed by atoms with Gasteiger partial charge >= 0.3 is 44.9 Å². The summed E-state index contributed by atoms with van der Waals surface area (Å²) in [7, 11) is 0. The Hall–Kier alpha value is -11.3. The Kier molecular flexibility index (Phi) is 22.1. The van der Waals surface area contributed by atoms with Gasteiger partial charge in [-0.15, -0.1) is 0 Å². The number of pyridine rings is 8. The molecule has 0 unspecified atom stereocenters. The van der Waals surface area contributed by atoms with Crippen molar-refractivity contribution >= 4 is 68.5 Å². The first kappa shape index (κ1) is 62.7. The molecule has 0 bridgehead atoms. The molecule has 2 radical (unpaired) electrons. The van der Waals surface area contributed by atoms with Crippen molar-refractivity contribution in [2.45, 2.75) is 0 Å². The van der Waals surface area contributed by atoms with Gasteiger partial charge in [0.05, 0.1) is 79.2 Å². The molecule has 0 saturated carbocycles. The molecule has 20 nitrogen and oxygen atoms in total. The number of carboxylic acids is 2. The molecule has 0 aliphatic rings. The maximum atomic E-state index is 11.7. The summed E-state index contributed by atoms with van der Waals surface area (Å²) < 4.78 is 10.2. The van der Waals surface area contributed by atoms with E-state index < -0.39 is 11.9 Å². The Balaban J connectivity index is 0.000000150.